The van der Waals surface area contributed by atoms with Gasteiger partial charge < -0.3 is 15.6 Å². The maximum absolute atomic E-state index is 12.3. The van der Waals surface area contributed by atoms with Gasteiger partial charge in [-0.2, -0.15) is 0 Å². The van der Waals surface area contributed by atoms with E-state index in [9.17, 15) is 9.59 Å². The Balaban J connectivity index is 1.72. The summed E-state index contributed by atoms with van der Waals surface area (Å²) < 4.78 is 0. The Morgan fingerprint density at radius 2 is 1.83 bits per heavy atom. The van der Waals surface area contributed by atoms with Gasteiger partial charge in [0.1, 0.15) is 5.69 Å². The molecule has 2 amide bonds. The second-order valence-corrected chi connectivity index (χ2v) is 5.85. The Hall–Kier alpha value is -2.79. The Bertz CT molecular complexity index is 900. The molecular formula is C18H16ClN3O2. The summed E-state index contributed by atoms with van der Waals surface area (Å²) in [6.07, 6.45) is 0.313. The molecule has 0 radical (unpaired) electrons. The van der Waals surface area contributed by atoms with Gasteiger partial charge in [-0.15, -0.1) is 0 Å². The number of carbonyl (C=O) groups excluding carboxylic acids is 2. The monoisotopic (exact) mass is 341 g/mol. The molecule has 0 saturated heterocycles. The second-order valence-electron chi connectivity index (χ2n) is 5.42. The lowest BCUT2D eigenvalue weighted by Gasteiger charge is -2.05. The lowest BCUT2D eigenvalue weighted by molar-refractivity contribution is -0.119. The molecule has 122 valence electrons. The number of carbonyl (C=O) groups is 2. The van der Waals surface area contributed by atoms with Gasteiger partial charge in [0.15, 0.2) is 0 Å². The molecule has 1 heterocycles. The molecule has 24 heavy (non-hydrogen) atoms. The summed E-state index contributed by atoms with van der Waals surface area (Å²) in [7, 11) is 1.60. The van der Waals surface area contributed by atoms with Crippen LogP contribution in [0.4, 0.5) is 5.69 Å². The summed E-state index contributed by atoms with van der Waals surface area (Å²) in [6.45, 7) is 0. The molecule has 0 fully saturated rings. The fourth-order valence-electron chi connectivity index (χ4n) is 2.40. The van der Waals surface area contributed by atoms with Crippen LogP contribution in [-0.4, -0.2) is 23.8 Å². The maximum atomic E-state index is 12.3. The zero-order chi connectivity index (χ0) is 17.1. The fourth-order valence-corrected chi connectivity index (χ4v) is 2.58. The highest BCUT2D eigenvalue weighted by molar-refractivity contribution is 6.31. The number of H-pyrrole nitrogens is 1. The zero-order valence-electron chi connectivity index (χ0n) is 13.0. The Morgan fingerprint density at radius 1 is 1.08 bits per heavy atom. The summed E-state index contributed by atoms with van der Waals surface area (Å²) in [5.41, 5.74) is 2.86. The normalized spacial score (nSPS) is 10.6. The molecule has 3 N–H and O–H groups in total. The van der Waals surface area contributed by atoms with Crippen molar-refractivity contribution in [3.63, 3.8) is 0 Å². The smallest absolute Gasteiger partial charge is 0.272 e. The first-order chi connectivity index (χ1) is 11.5. The van der Waals surface area contributed by atoms with Crippen LogP contribution >= 0.6 is 11.6 Å². The predicted molar refractivity (Wildman–Crippen MR) is 95.5 cm³/mol. The van der Waals surface area contributed by atoms with Crippen molar-refractivity contribution in [2.24, 2.45) is 0 Å². The van der Waals surface area contributed by atoms with E-state index in [1.54, 1.807) is 37.4 Å². The largest absolute Gasteiger partial charge is 0.359 e. The van der Waals surface area contributed by atoms with E-state index in [1.165, 1.54) is 0 Å². The Labute approximate surface area is 144 Å². The molecule has 0 spiro atoms. The summed E-state index contributed by atoms with van der Waals surface area (Å²) >= 11 is 5.96. The fraction of sp³-hybridized carbons (Fsp3) is 0.111. The van der Waals surface area contributed by atoms with E-state index in [-0.39, 0.29) is 11.8 Å². The van der Waals surface area contributed by atoms with E-state index in [1.807, 2.05) is 18.2 Å². The lowest BCUT2D eigenvalue weighted by Crippen LogP contribution is -2.19. The minimum absolute atomic E-state index is 0.0523. The van der Waals surface area contributed by atoms with Crippen LogP contribution in [0.2, 0.25) is 5.02 Å². The van der Waals surface area contributed by atoms with Crippen molar-refractivity contribution in [2.75, 3.05) is 12.4 Å². The molecule has 0 unspecified atom stereocenters. The number of anilines is 1. The zero-order valence-corrected chi connectivity index (χ0v) is 13.8. The number of hydrogen-bond donors (Lipinski definition) is 3. The van der Waals surface area contributed by atoms with Crippen LogP contribution in [0.5, 0.6) is 0 Å². The Morgan fingerprint density at radius 3 is 2.54 bits per heavy atom. The van der Waals surface area contributed by atoms with Crippen molar-refractivity contribution in [2.45, 2.75) is 6.42 Å². The number of rotatable bonds is 4. The highest BCUT2D eigenvalue weighted by Crippen LogP contribution is 2.21. The first-order valence-electron chi connectivity index (χ1n) is 7.44. The number of likely N-dealkylation sites (N-methyl/N-ethyl adjacent to an activating group) is 1. The van der Waals surface area contributed by atoms with Crippen molar-refractivity contribution >= 4 is 40.0 Å². The van der Waals surface area contributed by atoms with E-state index in [2.05, 4.69) is 15.6 Å². The predicted octanol–water partition coefficient (Wildman–Crippen LogP) is 3.36. The number of aromatic nitrogens is 1. The summed E-state index contributed by atoms with van der Waals surface area (Å²) in [6, 6.07) is 14.3. The van der Waals surface area contributed by atoms with Gasteiger partial charge >= 0.3 is 0 Å². The van der Waals surface area contributed by atoms with Crippen molar-refractivity contribution < 1.29 is 9.59 Å². The van der Waals surface area contributed by atoms with Gasteiger partial charge in [0, 0.05) is 28.7 Å². The summed E-state index contributed by atoms with van der Waals surface area (Å²) in [4.78, 5) is 26.7. The molecule has 3 aromatic rings. The third kappa shape index (κ3) is 3.58. The van der Waals surface area contributed by atoms with E-state index >= 15 is 0 Å². The molecule has 1 aromatic heterocycles. The number of hydrogen-bond acceptors (Lipinski definition) is 2. The van der Waals surface area contributed by atoms with Gasteiger partial charge in [-0.3, -0.25) is 9.59 Å². The Kier molecular flexibility index (Phi) is 4.53. The molecule has 0 aliphatic rings. The number of nitrogens with one attached hydrogen (secondary N) is 3. The van der Waals surface area contributed by atoms with Crippen LogP contribution in [0.25, 0.3) is 10.9 Å². The molecule has 0 aliphatic carbocycles. The molecule has 0 aliphatic heterocycles. The highest BCUT2D eigenvalue weighted by atomic mass is 35.5. The second kappa shape index (κ2) is 6.76. The number of benzene rings is 2. The molecular weight excluding hydrogens is 326 g/mol. The first-order valence-corrected chi connectivity index (χ1v) is 7.82. The summed E-state index contributed by atoms with van der Waals surface area (Å²) in [5.74, 6) is -0.287. The van der Waals surface area contributed by atoms with Crippen molar-refractivity contribution in [1.29, 1.82) is 0 Å². The molecule has 2 aromatic carbocycles. The van der Waals surface area contributed by atoms with E-state index < -0.39 is 0 Å². The topological polar surface area (TPSA) is 74.0 Å². The van der Waals surface area contributed by atoms with Crippen molar-refractivity contribution in [3.05, 3.63) is 64.8 Å². The molecule has 0 atom stereocenters. The third-order valence-electron chi connectivity index (χ3n) is 3.68. The average Bonchev–Trinajstić information content (AvgIpc) is 2.99. The summed E-state index contributed by atoms with van der Waals surface area (Å²) in [5, 5.41) is 6.91. The van der Waals surface area contributed by atoms with Crippen LogP contribution < -0.4 is 10.6 Å². The van der Waals surface area contributed by atoms with Crippen LogP contribution in [-0.2, 0) is 11.2 Å². The molecule has 5 nitrogen and oxygen atoms in total. The number of amides is 2. The van der Waals surface area contributed by atoms with Gasteiger partial charge in [0.25, 0.3) is 5.91 Å². The minimum atomic E-state index is -0.235. The van der Waals surface area contributed by atoms with Crippen LogP contribution in [0.15, 0.2) is 48.5 Å². The minimum Gasteiger partial charge on any atom is -0.359 e. The van der Waals surface area contributed by atoms with Gasteiger partial charge in [0.2, 0.25) is 5.91 Å². The number of halogens is 1. The quantitative estimate of drug-likeness (QED) is 0.680. The van der Waals surface area contributed by atoms with E-state index in [0.29, 0.717) is 22.8 Å². The van der Waals surface area contributed by atoms with E-state index in [4.69, 9.17) is 11.6 Å². The van der Waals surface area contributed by atoms with Crippen molar-refractivity contribution in [3.8, 4) is 0 Å². The van der Waals surface area contributed by atoms with E-state index in [0.717, 1.165) is 16.5 Å². The van der Waals surface area contributed by atoms with Gasteiger partial charge in [-0.05, 0) is 42.0 Å². The van der Waals surface area contributed by atoms with Gasteiger partial charge in [-0.1, -0.05) is 23.7 Å². The standard InChI is InChI=1S/C18H16ClN3O2/c1-20-17(23)8-11-2-5-14(6-3-11)21-18(24)16-10-12-9-13(19)4-7-15(12)22-16/h2-7,9-10,22H,8H2,1H3,(H,20,23)(H,21,24). The molecule has 6 heteroatoms. The third-order valence-corrected chi connectivity index (χ3v) is 3.92. The van der Waals surface area contributed by atoms with Crippen molar-refractivity contribution in [1.82, 2.24) is 10.3 Å². The van der Waals surface area contributed by atoms with Crippen LogP contribution in [0, 0.1) is 0 Å². The number of aromatic amines is 1. The number of fused-ring (bicyclic) bond motifs is 1. The first kappa shape index (κ1) is 16.1. The lowest BCUT2D eigenvalue weighted by atomic mass is 10.1. The average molecular weight is 342 g/mol. The van der Waals surface area contributed by atoms with Gasteiger partial charge in [0.05, 0.1) is 6.42 Å². The molecule has 3 rings (SSSR count). The SMILES string of the molecule is CNC(=O)Cc1ccc(NC(=O)c2cc3cc(Cl)ccc3[nH]2)cc1. The molecule has 0 saturated carbocycles. The van der Waals surface area contributed by atoms with Gasteiger partial charge in [-0.25, -0.2) is 0 Å². The maximum Gasteiger partial charge on any atom is 0.272 e. The van der Waals surface area contributed by atoms with Crippen LogP contribution in [0.3, 0.4) is 0 Å². The van der Waals surface area contributed by atoms with Crippen LogP contribution in [0.1, 0.15) is 16.1 Å². The molecule has 0 bridgehead atoms. The highest BCUT2D eigenvalue weighted by Gasteiger charge is 2.10.